The van der Waals surface area contributed by atoms with Crippen LogP contribution >= 0.6 is 0 Å². The van der Waals surface area contributed by atoms with Gasteiger partial charge in [-0.3, -0.25) is 9.88 Å². The number of pyridine rings is 1. The molecule has 1 aliphatic heterocycles. The zero-order valence-electron chi connectivity index (χ0n) is 13.9. The van der Waals surface area contributed by atoms with Crippen molar-refractivity contribution in [2.45, 2.75) is 46.6 Å². The molecular formula is C18H26N4. The van der Waals surface area contributed by atoms with Crippen molar-refractivity contribution in [3.63, 3.8) is 0 Å². The van der Waals surface area contributed by atoms with Crippen molar-refractivity contribution >= 4 is 0 Å². The molecule has 4 heteroatoms. The van der Waals surface area contributed by atoms with E-state index in [0.29, 0.717) is 0 Å². The lowest BCUT2D eigenvalue weighted by Crippen LogP contribution is -2.35. The molecule has 0 unspecified atom stereocenters. The molecular weight excluding hydrogens is 272 g/mol. The van der Waals surface area contributed by atoms with E-state index in [-0.39, 0.29) is 0 Å². The Bertz CT molecular complexity index is 612. The van der Waals surface area contributed by atoms with Crippen LogP contribution in [0, 0.1) is 26.7 Å². The molecule has 0 aromatic carbocycles. The number of hydrogen-bond donors (Lipinski definition) is 1. The van der Waals surface area contributed by atoms with E-state index in [0.717, 1.165) is 29.7 Å². The first-order chi connectivity index (χ1) is 10.6. The Labute approximate surface area is 133 Å². The molecule has 3 heterocycles. The first-order valence-electron chi connectivity index (χ1n) is 8.25. The van der Waals surface area contributed by atoms with Gasteiger partial charge in [0.2, 0.25) is 0 Å². The lowest BCUT2D eigenvalue weighted by Gasteiger charge is -2.32. The fourth-order valence-electron chi connectivity index (χ4n) is 3.63. The van der Waals surface area contributed by atoms with Crippen molar-refractivity contribution in [3.8, 4) is 0 Å². The fraction of sp³-hybridized carbons (Fsp3) is 0.556. The van der Waals surface area contributed by atoms with Gasteiger partial charge in [0.15, 0.2) is 0 Å². The van der Waals surface area contributed by atoms with Gasteiger partial charge in [-0.1, -0.05) is 0 Å². The molecule has 1 atom stereocenters. The monoisotopic (exact) mass is 298 g/mol. The highest BCUT2D eigenvalue weighted by atomic mass is 15.1. The minimum Gasteiger partial charge on any atom is -0.345 e. The molecule has 0 aliphatic carbocycles. The number of aryl methyl sites for hydroxylation is 3. The van der Waals surface area contributed by atoms with E-state index in [1.165, 1.54) is 43.6 Å². The van der Waals surface area contributed by atoms with Gasteiger partial charge < -0.3 is 4.98 Å². The Morgan fingerprint density at radius 2 is 2.00 bits per heavy atom. The highest BCUT2D eigenvalue weighted by Crippen LogP contribution is 2.22. The highest BCUT2D eigenvalue weighted by Gasteiger charge is 2.21. The number of likely N-dealkylation sites (tertiary alicyclic amines) is 1. The van der Waals surface area contributed by atoms with Crippen LogP contribution in [0.1, 0.15) is 41.3 Å². The number of piperidine rings is 1. The summed E-state index contributed by atoms with van der Waals surface area (Å²) in [5.74, 6) is 1.75. The molecule has 22 heavy (non-hydrogen) atoms. The number of rotatable bonds is 4. The summed E-state index contributed by atoms with van der Waals surface area (Å²) in [7, 11) is 0. The third-order valence-corrected chi connectivity index (χ3v) is 4.42. The van der Waals surface area contributed by atoms with Crippen molar-refractivity contribution in [1.29, 1.82) is 0 Å². The van der Waals surface area contributed by atoms with Gasteiger partial charge in [0, 0.05) is 36.4 Å². The molecule has 0 saturated carbocycles. The third-order valence-electron chi connectivity index (χ3n) is 4.42. The largest absolute Gasteiger partial charge is 0.345 e. The van der Waals surface area contributed by atoms with Gasteiger partial charge in [-0.25, -0.2) is 4.98 Å². The van der Waals surface area contributed by atoms with Crippen molar-refractivity contribution in [2.75, 3.05) is 13.1 Å². The Balaban J connectivity index is 1.60. The lowest BCUT2D eigenvalue weighted by atomic mass is 9.91. The van der Waals surface area contributed by atoms with E-state index in [1.807, 2.05) is 13.1 Å². The van der Waals surface area contributed by atoms with Gasteiger partial charge in [-0.2, -0.15) is 0 Å². The summed E-state index contributed by atoms with van der Waals surface area (Å²) in [6, 6.07) is 4.48. The van der Waals surface area contributed by atoms with Gasteiger partial charge >= 0.3 is 0 Å². The smallest absolute Gasteiger partial charge is 0.103 e. The van der Waals surface area contributed by atoms with Crippen molar-refractivity contribution in [1.82, 2.24) is 19.9 Å². The molecule has 0 radical (unpaired) electrons. The molecule has 1 N–H and O–H groups in total. The molecule has 0 amide bonds. The molecule has 1 fully saturated rings. The number of aromatic nitrogens is 3. The SMILES string of the molecule is Cc1cc(C[C@H]2CCCN(Cc3cnc(C)[nH]3)C2)cc(C)n1. The van der Waals surface area contributed by atoms with E-state index >= 15 is 0 Å². The molecule has 2 aromatic rings. The van der Waals surface area contributed by atoms with Crippen LogP contribution in [-0.4, -0.2) is 32.9 Å². The maximum absolute atomic E-state index is 4.48. The molecule has 0 bridgehead atoms. The van der Waals surface area contributed by atoms with Crippen molar-refractivity contribution < 1.29 is 0 Å². The Morgan fingerprint density at radius 1 is 1.23 bits per heavy atom. The first-order valence-corrected chi connectivity index (χ1v) is 8.25. The molecule has 3 rings (SSSR count). The summed E-state index contributed by atoms with van der Waals surface area (Å²) in [6.45, 7) is 9.55. The van der Waals surface area contributed by atoms with Gasteiger partial charge in [0.1, 0.15) is 5.82 Å². The van der Waals surface area contributed by atoms with Gasteiger partial charge in [0.25, 0.3) is 0 Å². The molecule has 0 spiro atoms. The summed E-state index contributed by atoms with van der Waals surface area (Å²) >= 11 is 0. The van der Waals surface area contributed by atoms with Crippen LogP contribution in [0.2, 0.25) is 0 Å². The van der Waals surface area contributed by atoms with E-state index in [4.69, 9.17) is 0 Å². The second-order valence-electron chi connectivity index (χ2n) is 6.70. The summed E-state index contributed by atoms with van der Waals surface area (Å²) in [4.78, 5) is 14.7. The zero-order valence-corrected chi connectivity index (χ0v) is 13.9. The number of aromatic amines is 1. The molecule has 4 nitrogen and oxygen atoms in total. The fourth-order valence-corrected chi connectivity index (χ4v) is 3.63. The second kappa shape index (κ2) is 6.61. The van der Waals surface area contributed by atoms with Crippen molar-refractivity contribution in [2.24, 2.45) is 5.92 Å². The second-order valence-corrected chi connectivity index (χ2v) is 6.70. The van der Waals surface area contributed by atoms with Crippen LogP contribution in [-0.2, 0) is 13.0 Å². The minimum atomic E-state index is 0.749. The highest BCUT2D eigenvalue weighted by molar-refractivity contribution is 5.21. The van der Waals surface area contributed by atoms with E-state index in [1.54, 1.807) is 0 Å². The predicted octanol–water partition coefficient (Wildman–Crippen LogP) is 3.18. The summed E-state index contributed by atoms with van der Waals surface area (Å²) in [5, 5.41) is 0. The van der Waals surface area contributed by atoms with Crippen LogP contribution in [0.25, 0.3) is 0 Å². The summed E-state index contributed by atoms with van der Waals surface area (Å²) < 4.78 is 0. The van der Waals surface area contributed by atoms with Crippen LogP contribution < -0.4 is 0 Å². The lowest BCUT2D eigenvalue weighted by molar-refractivity contribution is 0.165. The number of nitrogens with zero attached hydrogens (tertiary/aromatic N) is 3. The van der Waals surface area contributed by atoms with Gasteiger partial charge in [0.05, 0.1) is 0 Å². The zero-order chi connectivity index (χ0) is 15.5. The molecule has 1 aliphatic rings. The molecule has 2 aromatic heterocycles. The Kier molecular flexibility index (Phi) is 4.57. The number of hydrogen-bond acceptors (Lipinski definition) is 3. The topological polar surface area (TPSA) is 44.8 Å². The van der Waals surface area contributed by atoms with Gasteiger partial charge in [-0.15, -0.1) is 0 Å². The van der Waals surface area contributed by atoms with E-state index in [9.17, 15) is 0 Å². The maximum atomic E-state index is 4.48. The van der Waals surface area contributed by atoms with Crippen LogP contribution in [0.3, 0.4) is 0 Å². The van der Waals surface area contributed by atoms with E-state index < -0.39 is 0 Å². The number of imidazole rings is 1. The van der Waals surface area contributed by atoms with Crippen molar-refractivity contribution in [3.05, 3.63) is 46.8 Å². The number of H-pyrrole nitrogens is 1. The average Bonchev–Trinajstić information content (AvgIpc) is 2.83. The maximum Gasteiger partial charge on any atom is 0.103 e. The molecule has 1 saturated heterocycles. The van der Waals surface area contributed by atoms with E-state index in [2.05, 4.69) is 45.8 Å². The van der Waals surface area contributed by atoms with Crippen LogP contribution in [0.15, 0.2) is 18.3 Å². The standard InChI is InChI=1S/C18H26N4/c1-13-7-17(8-14(2)20-13)9-16-5-4-6-22(11-16)12-18-10-19-15(3)21-18/h7-8,10,16H,4-6,9,11-12H2,1-3H3,(H,19,21)/t16-/m1/s1. The number of nitrogens with one attached hydrogen (secondary N) is 1. The predicted molar refractivity (Wildman–Crippen MR) is 88.7 cm³/mol. The van der Waals surface area contributed by atoms with Crippen LogP contribution in [0.4, 0.5) is 0 Å². The normalized spacial score (nSPS) is 19.5. The quantitative estimate of drug-likeness (QED) is 0.943. The summed E-state index contributed by atoms with van der Waals surface area (Å²) in [6.07, 6.45) is 5.76. The van der Waals surface area contributed by atoms with Crippen LogP contribution in [0.5, 0.6) is 0 Å². The Hall–Kier alpha value is -1.68. The molecule has 118 valence electrons. The average molecular weight is 298 g/mol. The first kappa shape index (κ1) is 15.2. The summed E-state index contributed by atoms with van der Waals surface area (Å²) in [5.41, 5.74) is 4.94. The van der Waals surface area contributed by atoms with Gasteiger partial charge in [-0.05, 0) is 70.2 Å². The third kappa shape index (κ3) is 3.95. The Morgan fingerprint density at radius 3 is 2.68 bits per heavy atom. The minimum absolute atomic E-state index is 0.749.